The Hall–Kier alpha value is -5.95. The molecule has 0 saturated heterocycles. The molecule has 2 aliphatic heterocycles. The predicted octanol–water partition coefficient (Wildman–Crippen LogP) is 8.36. The van der Waals surface area contributed by atoms with Gasteiger partial charge in [0.25, 0.3) is 0 Å². The Morgan fingerprint density at radius 1 is 0.407 bits per heavy atom. The SMILES string of the molecule is O=S1(=O)c2cccc[c]2[Ge]([c]2ccccc2)([c]2ccccc2)[c]2ccc(N3c4ccccc4C4(c5ccccc5-c5ccccc54)c4ccccc43)cc21. The summed E-state index contributed by atoms with van der Waals surface area (Å²) in [4.78, 5) is 3.10. The van der Waals surface area contributed by atoms with Gasteiger partial charge in [0.05, 0.1) is 0 Å². The zero-order valence-corrected chi connectivity index (χ0v) is 32.1. The first-order valence-electron chi connectivity index (χ1n) is 18.4. The van der Waals surface area contributed by atoms with Gasteiger partial charge in [0.2, 0.25) is 0 Å². The molecule has 0 radical (unpaired) electrons. The van der Waals surface area contributed by atoms with Crippen molar-refractivity contribution in [3.8, 4) is 11.1 Å². The van der Waals surface area contributed by atoms with Gasteiger partial charge in [0.15, 0.2) is 0 Å². The summed E-state index contributed by atoms with van der Waals surface area (Å²) in [5.41, 5.74) is 9.72. The third kappa shape index (κ3) is 3.94. The number of para-hydroxylation sites is 2. The van der Waals surface area contributed by atoms with Crippen molar-refractivity contribution in [1.82, 2.24) is 0 Å². The predicted molar refractivity (Wildman–Crippen MR) is 221 cm³/mol. The number of hydrogen-bond acceptors (Lipinski definition) is 3. The summed E-state index contributed by atoms with van der Waals surface area (Å²) >= 11 is -3.86. The first-order chi connectivity index (χ1) is 26.6. The quantitative estimate of drug-likeness (QED) is 0.170. The average molecular weight is 772 g/mol. The molecule has 0 aromatic heterocycles. The minimum atomic E-state index is -3.89. The van der Waals surface area contributed by atoms with Gasteiger partial charge in [-0.3, -0.25) is 0 Å². The van der Waals surface area contributed by atoms with Crippen molar-refractivity contribution in [3.63, 3.8) is 0 Å². The number of fused-ring (bicyclic) bond motifs is 11. The van der Waals surface area contributed by atoms with Crippen molar-refractivity contribution in [2.45, 2.75) is 15.2 Å². The molecule has 0 amide bonds. The number of sulfone groups is 1. The van der Waals surface area contributed by atoms with Crippen LogP contribution in [0.5, 0.6) is 0 Å². The molecule has 0 bridgehead atoms. The van der Waals surface area contributed by atoms with E-state index < -0.39 is 28.5 Å². The number of hydrogen-bond donors (Lipinski definition) is 0. The zero-order valence-electron chi connectivity index (χ0n) is 29.2. The van der Waals surface area contributed by atoms with Crippen molar-refractivity contribution in [2.24, 2.45) is 0 Å². The van der Waals surface area contributed by atoms with Crippen LogP contribution < -0.4 is 22.5 Å². The van der Waals surface area contributed by atoms with Crippen LogP contribution in [0, 0.1) is 0 Å². The molecule has 1 spiro atoms. The number of rotatable bonds is 3. The van der Waals surface area contributed by atoms with Crippen LogP contribution in [0.1, 0.15) is 22.3 Å². The molecule has 0 fully saturated rings. The van der Waals surface area contributed by atoms with Crippen LogP contribution in [0.2, 0.25) is 0 Å². The standard InChI is InChI=1S/C49H33GeNO2S/c52-54(53)47-30-16-13-27-43(47)50(34-17-3-1-4-18-34,35-19-5-2-6-20-35)44-32-31-36(33-48(44)54)51-45-28-14-11-25-41(45)49(42-26-12-15-29-46(42)51)39-23-9-7-21-37(39)38-22-8-10-24-40(38)49/h1-33H. The topological polar surface area (TPSA) is 37.4 Å². The third-order valence-electron chi connectivity index (χ3n) is 12.0. The van der Waals surface area contributed by atoms with Crippen molar-refractivity contribution >= 4 is 57.7 Å². The molecular formula is C49H33GeNO2S. The fourth-order valence-corrected chi connectivity index (χ4v) is 24.9. The fraction of sp³-hybridized carbons (Fsp3) is 0.0204. The summed E-state index contributed by atoms with van der Waals surface area (Å²) in [7, 11) is -3.89. The third-order valence-corrected chi connectivity index (χ3v) is 24.8. The summed E-state index contributed by atoms with van der Waals surface area (Å²) in [6.07, 6.45) is 0. The molecular weight excluding hydrogens is 739 g/mol. The van der Waals surface area contributed by atoms with E-state index in [0.717, 1.165) is 25.9 Å². The van der Waals surface area contributed by atoms with Crippen molar-refractivity contribution in [2.75, 3.05) is 4.90 Å². The monoisotopic (exact) mass is 773 g/mol. The molecule has 11 rings (SSSR count). The first-order valence-corrected chi connectivity index (χ1v) is 24.0. The fourth-order valence-electron chi connectivity index (χ4n) is 9.96. The molecule has 3 aliphatic rings. The van der Waals surface area contributed by atoms with E-state index in [0.29, 0.717) is 9.79 Å². The Labute approximate surface area is 318 Å². The van der Waals surface area contributed by atoms with Gasteiger partial charge in [-0.05, 0) is 0 Å². The second kappa shape index (κ2) is 11.5. The van der Waals surface area contributed by atoms with Gasteiger partial charge in [0, 0.05) is 0 Å². The Bertz CT molecular complexity index is 2790. The molecule has 8 aromatic carbocycles. The van der Waals surface area contributed by atoms with Gasteiger partial charge < -0.3 is 0 Å². The van der Waals surface area contributed by atoms with Gasteiger partial charge >= 0.3 is 320 Å². The van der Waals surface area contributed by atoms with Crippen LogP contribution in [0.4, 0.5) is 17.1 Å². The van der Waals surface area contributed by atoms with Gasteiger partial charge in [-0.15, -0.1) is 0 Å². The zero-order chi connectivity index (χ0) is 36.1. The normalized spacial score (nSPS) is 16.0. The van der Waals surface area contributed by atoms with Crippen LogP contribution in [0.3, 0.4) is 0 Å². The molecule has 0 atom stereocenters. The minimum absolute atomic E-state index is 0.401. The van der Waals surface area contributed by atoms with Crippen LogP contribution in [0.25, 0.3) is 11.1 Å². The summed E-state index contributed by atoms with van der Waals surface area (Å²) in [6.45, 7) is 0. The average Bonchev–Trinajstić information content (AvgIpc) is 3.53. The Morgan fingerprint density at radius 2 is 0.852 bits per heavy atom. The summed E-state index contributed by atoms with van der Waals surface area (Å²) < 4.78 is 34.4. The molecule has 0 N–H and O–H groups in total. The van der Waals surface area contributed by atoms with E-state index >= 15 is 8.42 Å². The maximum atomic E-state index is 15.1. The Balaban J connectivity index is 1.21. The molecule has 5 heteroatoms. The Morgan fingerprint density at radius 3 is 1.43 bits per heavy atom. The number of nitrogens with zero attached hydrogens (tertiary/aromatic N) is 1. The van der Waals surface area contributed by atoms with E-state index in [4.69, 9.17) is 0 Å². The van der Waals surface area contributed by atoms with E-state index in [1.165, 1.54) is 42.2 Å². The molecule has 1 aliphatic carbocycles. The first kappa shape index (κ1) is 31.6. The van der Waals surface area contributed by atoms with E-state index in [2.05, 4.69) is 169 Å². The molecule has 54 heavy (non-hydrogen) atoms. The molecule has 256 valence electrons. The van der Waals surface area contributed by atoms with Gasteiger partial charge in [0.1, 0.15) is 0 Å². The maximum absolute atomic E-state index is 15.1. The Kier molecular flexibility index (Phi) is 6.74. The summed E-state index contributed by atoms with van der Waals surface area (Å²) in [6, 6.07) is 70.2. The molecule has 3 nitrogen and oxygen atoms in total. The number of anilines is 3. The van der Waals surface area contributed by atoms with E-state index in [-0.39, 0.29) is 0 Å². The molecule has 2 heterocycles. The molecule has 0 unspecified atom stereocenters. The van der Waals surface area contributed by atoms with Gasteiger partial charge in [-0.1, -0.05) is 0 Å². The number of benzene rings is 8. The second-order valence-corrected chi connectivity index (χ2v) is 24.1. The van der Waals surface area contributed by atoms with Gasteiger partial charge in [-0.25, -0.2) is 0 Å². The van der Waals surface area contributed by atoms with Crippen LogP contribution >= 0.6 is 0 Å². The van der Waals surface area contributed by atoms with Crippen LogP contribution in [0.15, 0.2) is 210 Å². The van der Waals surface area contributed by atoms with E-state index in [9.17, 15) is 0 Å². The van der Waals surface area contributed by atoms with Crippen molar-refractivity contribution < 1.29 is 8.42 Å². The molecule has 8 aromatic rings. The van der Waals surface area contributed by atoms with Crippen LogP contribution in [-0.4, -0.2) is 21.7 Å². The van der Waals surface area contributed by atoms with Crippen molar-refractivity contribution in [3.05, 3.63) is 222 Å². The van der Waals surface area contributed by atoms with E-state index in [1.807, 2.05) is 36.4 Å². The van der Waals surface area contributed by atoms with Crippen molar-refractivity contribution in [1.29, 1.82) is 0 Å². The summed E-state index contributed by atoms with van der Waals surface area (Å²) in [5.74, 6) is 0. The van der Waals surface area contributed by atoms with E-state index in [1.54, 1.807) is 0 Å². The van der Waals surface area contributed by atoms with Crippen LogP contribution in [-0.2, 0) is 15.3 Å². The van der Waals surface area contributed by atoms with Gasteiger partial charge in [-0.2, -0.15) is 0 Å². The summed E-state index contributed by atoms with van der Waals surface area (Å²) in [5, 5.41) is 0. The second-order valence-electron chi connectivity index (χ2n) is 14.4. The molecule has 0 saturated carbocycles.